The average molecular weight is 418 g/mol. The number of hydroxylamine groups is 1. The molecule has 3 aromatic rings. The van der Waals surface area contributed by atoms with Crippen LogP contribution in [0.3, 0.4) is 0 Å². The fourth-order valence-corrected chi connectivity index (χ4v) is 3.47. The molecule has 7 nitrogen and oxygen atoms in total. The molecule has 160 valence electrons. The fourth-order valence-electron chi connectivity index (χ4n) is 3.47. The second-order valence-electron chi connectivity index (χ2n) is 7.36. The van der Waals surface area contributed by atoms with Crippen molar-refractivity contribution in [1.82, 2.24) is 20.5 Å². The first-order chi connectivity index (χ1) is 15.1. The number of benzene rings is 2. The molecule has 2 aromatic carbocycles. The number of aryl methyl sites for hydroxylation is 1. The van der Waals surface area contributed by atoms with Gasteiger partial charge >= 0.3 is 0 Å². The van der Waals surface area contributed by atoms with Crippen molar-refractivity contribution in [2.75, 3.05) is 0 Å². The smallest absolute Gasteiger partial charge is 0.267 e. The minimum absolute atomic E-state index is 0.0399. The summed E-state index contributed by atoms with van der Waals surface area (Å²) in [6.07, 6.45) is 6.98. The number of carbonyl (C=O) groups excluding carboxylic acids is 1. The fraction of sp³-hybridized carbons (Fsp3) is 0.250. The Labute approximate surface area is 181 Å². The van der Waals surface area contributed by atoms with Gasteiger partial charge in [0.1, 0.15) is 0 Å². The van der Waals surface area contributed by atoms with E-state index in [1.807, 2.05) is 53.3 Å². The molecule has 1 atom stereocenters. The first kappa shape index (κ1) is 22.1. The second kappa shape index (κ2) is 11.0. The van der Waals surface area contributed by atoms with E-state index >= 15 is 0 Å². The van der Waals surface area contributed by atoms with Crippen LogP contribution in [-0.4, -0.2) is 31.8 Å². The van der Waals surface area contributed by atoms with E-state index in [2.05, 4.69) is 29.4 Å². The van der Waals surface area contributed by atoms with Crippen molar-refractivity contribution >= 4 is 17.7 Å². The summed E-state index contributed by atoms with van der Waals surface area (Å²) in [5.74, 6) is -0.531. The van der Waals surface area contributed by atoms with Crippen LogP contribution in [0.25, 0.3) is 6.08 Å². The number of hydrogen-bond acceptors (Lipinski definition) is 5. The summed E-state index contributed by atoms with van der Waals surface area (Å²) in [4.78, 5) is 11.1. The van der Waals surface area contributed by atoms with Gasteiger partial charge in [0, 0.05) is 23.9 Å². The highest BCUT2D eigenvalue weighted by Gasteiger charge is 2.15. The lowest BCUT2D eigenvalue weighted by atomic mass is 9.88. The van der Waals surface area contributed by atoms with E-state index in [0.29, 0.717) is 25.1 Å². The maximum absolute atomic E-state index is 11.1. The predicted molar refractivity (Wildman–Crippen MR) is 120 cm³/mol. The van der Waals surface area contributed by atoms with Gasteiger partial charge in [0.2, 0.25) is 0 Å². The van der Waals surface area contributed by atoms with Gasteiger partial charge in [-0.3, -0.25) is 10.0 Å². The van der Waals surface area contributed by atoms with Gasteiger partial charge in [-0.25, -0.2) is 10.2 Å². The quantitative estimate of drug-likeness (QED) is 0.201. The van der Waals surface area contributed by atoms with E-state index < -0.39 is 5.91 Å². The van der Waals surface area contributed by atoms with Crippen LogP contribution in [0.5, 0.6) is 0 Å². The van der Waals surface area contributed by atoms with Gasteiger partial charge in [-0.2, -0.15) is 0 Å². The molecule has 1 aromatic heterocycles. The molecular weight excluding hydrogens is 390 g/mol. The zero-order valence-electron chi connectivity index (χ0n) is 17.5. The lowest BCUT2D eigenvalue weighted by Gasteiger charge is -2.17. The van der Waals surface area contributed by atoms with Crippen LogP contribution < -0.4 is 5.48 Å². The van der Waals surface area contributed by atoms with Crippen LogP contribution in [0.4, 0.5) is 0 Å². The Morgan fingerprint density at radius 3 is 2.61 bits per heavy atom. The molecule has 1 heterocycles. The molecule has 0 radical (unpaired) electrons. The van der Waals surface area contributed by atoms with Crippen LogP contribution >= 0.6 is 0 Å². The van der Waals surface area contributed by atoms with Gasteiger partial charge < -0.3 is 5.41 Å². The van der Waals surface area contributed by atoms with Gasteiger partial charge in [-0.1, -0.05) is 66.7 Å². The largest absolute Gasteiger partial charge is 0.309 e. The van der Waals surface area contributed by atoms with Crippen molar-refractivity contribution in [3.05, 3.63) is 89.3 Å². The van der Waals surface area contributed by atoms with E-state index in [1.54, 1.807) is 11.6 Å². The average Bonchev–Trinajstić information content (AvgIpc) is 3.25. The number of nitrogens with zero attached hydrogens (tertiary/aromatic N) is 3. The molecule has 1 amide bonds. The zero-order chi connectivity index (χ0) is 22.1. The maximum Gasteiger partial charge on any atom is 0.267 e. The minimum atomic E-state index is -0.571. The van der Waals surface area contributed by atoms with E-state index in [-0.39, 0.29) is 5.92 Å². The normalized spacial score (nSPS) is 12.1. The standard InChI is InChI=1S/C24H27N5O2/c1-2-22(20-11-8-18(9-12-20)10-15-24(30)27-31)23(25)14-13-21-17-29(28-26-21)16-19-6-4-3-5-7-19/h3-12,15,17,22,25,31H,2,13-14,16H2,1H3,(H,27,30)/b15-10+,25-23?/t22-/m0/s1. The molecule has 0 aliphatic heterocycles. The van der Waals surface area contributed by atoms with Crippen LogP contribution in [0.2, 0.25) is 0 Å². The van der Waals surface area contributed by atoms with Crippen LogP contribution in [0, 0.1) is 5.41 Å². The van der Waals surface area contributed by atoms with E-state index in [4.69, 9.17) is 10.6 Å². The number of rotatable bonds is 10. The third-order valence-corrected chi connectivity index (χ3v) is 5.13. The molecular formula is C24H27N5O2. The van der Waals surface area contributed by atoms with Crippen molar-refractivity contribution in [2.45, 2.75) is 38.6 Å². The molecule has 3 rings (SSSR count). The number of nitrogens with one attached hydrogen (secondary N) is 2. The highest BCUT2D eigenvalue weighted by molar-refractivity contribution is 5.91. The minimum Gasteiger partial charge on any atom is -0.309 e. The van der Waals surface area contributed by atoms with Gasteiger partial charge in [0.25, 0.3) is 5.91 Å². The Hall–Kier alpha value is -3.58. The summed E-state index contributed by atoms with van der Waals surface area (Å²) >= 11 is 0. The number of amides is 1. The molecule has 3 N–H and O–H groups in total. The molecule has 0 saturated heterocycles. The maximum atomic E-state index is 11.1. The zero-order valence-corrected chi connectivity index (χ0v) is 17.5. The van der Waals surface area contributed by atoms with Crippen molar-refractivity contribution in [3.8, 4) is 0 Å². The second-order valence-corrected chi connectivity index (χ2v) is 7.36. The van der Waals surface area contributed by atoms with Gasteiger partial charge in [0.15, 0.2) is 0 Å². The van der Waals surface area contributed by atoms with Gasteiger partial charge in [-0.05, 0) is 42.0 Å². The Bertz CT molecular complexity index is 1030. The Kier molecular flexibility index (Phi) is 7.84. The van der Waals surface area contributed by atoms with Crippen molar-refractivity contribution in [3.63, 3.8) is 0 Å². The van der Waals surface area contributed by atoms with Crippen molar-refractivity contribution < 1.29 is 10.0 Å². The van der Waals surface area contributed by atoms with Crippen LogP contribution in [-0.2, 0) is 17.8 Å². The van der Waals surface area contributed by atoms with E-state index in [0.717, 1.165) is 23.2 Å². The SMILES string of the molecule is CC[C@H](C(=N)CCc1cn(Cc2ccccc2)nn1)c1ccc(/C=C/C(=O)NO)cc1. The number of aromatic nitrogens is 3. The third-order valence-electron chi connectivity index (χ3n) is 5.13. The first-order valence-corrected chi connectivity index (χ1v) is 10.3. The molecule has 0 unspecified atom stereocenters. The Morgan fingerprint density at radius 1 is 1.19 bits per heavy atom. The highest BCUT2D eigenvalue weighted by Crippen LogP contribution is 2.23. The summed E-state index contributed by atoms with van der Waals surface area (Å²) in [5, 5.41) is 25.6. The Morgan fingerprint density at radius 2 is 1.94 bits per heavy atom. The van der Waals surface area contributed by atoms with E-state index in [1.165, 1.54) is 11.6 Å². The summed E-state index contributed by atoms with van der Waals surface area (Å²) in [6, 6.07) is 17.9. The van der Waals surface area contributed by atoms with Crippen LogP contribution in [0.1, 0.15) is 48.1 Å². The molecule has 7 heteroatoms. The van der Waals surface area contributed by atoms with Crippen LogP contribution in [0.15, 0.2) is 66.9 Å². The number of hydrogen-bond donors (Lipinski definition) is 3. The monoisotopic (exact) mass is 417 g/mol. The van der Waals surface area contributed by atoms with E-state index in [9.17, 15) is 4.79 Å². The summed E-state index contributed by atoms with van der Waals surface area (Å²) < 4.78 is 1.83. The molecule has 0 spiro atoms. The lowest BCUT2D eigenvalue weighted by Crippen LogP contribution is -2.14. The van der Waals surface area contributed by atoms with Crippen molar-refractivity contribution in [1.29, 1.82) is 5.41 Å². The van der Waals surface area contributed by atoms with Crippen molar-refractivity contribution in [2.24, 2.45) is 0 Å². The molecule has 0 aliphatic rings. The molecule has 0 fully saturated rings. The Balaban J connectivity index is 1.56. The summed E-state index contributed by atoms with van der Waals surface area (Å²) in [5.41, 5.74) is 6.22. The van der Waals surface area contributed by atoms with Gasteiger partial charge in [0.05, 0.1) is 12.2 Å². The molecule has 0 saturated carbocycles. The lowest BCUT2D eigenvalue weighted by molar-refractivity contribution is -0.124. The predicted octanol–water partition coefficient (Wildman–Crippen LogP) is 3.99. The topological polar surface area (TPSA) is 104 Å². The third kappa shape index (κ3) is 6.45. The summed E-state index contributed by atoms with van der Waals surface area (Å²) in [6.45, 7) is 2.76. The highest BCUT2D eigenvalue weighted by atomic mass is 16.5. The molecule has 0 bridgehead atoms. The first-order valence-electron chi connectivity index (χ1n) is 10.3. The number of carbonyl (C=O) groups is 1. The summed E-state index contributed by atoms with van der Waals surface area (Å²) in [7, 11) is 0. The molecule has 0 aliphatic carbocycles. The molecule has 31 heavy (non-hydrogen) atoms. The van der Waals surface area contributed by atoms with Gasteiger partial charge in [-0.15, -0.1) is 5.10 Å².